The predicted molar refractivity (Wildman–Crippen MR) is 62.8 cm³/mol. The average molecular weight is 283 g/mol. The van der Waals surface area contributed by atoms with Gasteiger partial charge in [0.2, 0.25) is 5.96 Å². The van der Waals surface area contributed by atoms with Crippen molar-refractivity contribution in [1.29, 1.82) is 0 Å². The van der Waals surface area contributed by atoms with Crippen molar-refractivity contribution in [3.05, 3.63) is 35.4 Å². The summed E-state index contributed by atoms with van der Waals surface area (Å²) in [6.45, 7) is 0. The molecule has 0 aliphatic carbocycles. The maximum Gasteiger partial charge on any atom is 0.416 e. The zero-order valence-corrected chi connectivity index (χ0v) is 9.66. The third-order valence-electron chi connectivity index (χ3n) is 1.70. The number of alkyl halides is 3. The summed E-state index contributed by atoms with van der Waals surface area (Å²) in [5.41, 5.74) is 5.99. The summed E-state index contributed by atoms with van der Waals surface area (Å²) in [5.74, 6) is -0.367. The first-order chi connectivity index (χ1) is 7.93. The Morgan fingerprint density at radius 3 is 2.61 bits per heavy atom. The van der Waals surface area contributed by atoms with E-state index in [1.807, 2.05) is 0 Å². The van der Waals surface area contributed by atoms with Crippen molar-refractivity contribution < 1.29 is 18.4 Å². The third-order valence-corrected chi connectivity index (χ3v) is 1.70. The van der Waals surface area contributed by atoms with E-state index in [0.29, 0.717) is 0 Å². The number of nitrogens with one attached hydrogen (secondary N) is 1. The van der Waals surface area contributed by atoms with Crippen molar-refractivity contribution >= 4 is 24.6 Å². The molecule has 1 aromatic carbocycles. The molecule has 18 heavy (non-hydrogen) atoms. The molecule has 0 aromatic heterocycles. The maximum atomic E-state index is 12.3. The van der Waals surface area contributed by atoms with Crippen LogP contribution in [-0.4, -0.2) is 17.4 Å². The van der Waals surface area contributed by atoms with Crippen LogP contribution in [0.15, 0.2) is 34.5 Å². The summed E-state index contributed by atoms with van der Waals surface area (Å²) in [6.07, 6.45) is -3.32. The van der Waals surface area contributed by atoms with Gasteiger partial charge in [-0.25, -0.2) is 5.48 Å². The van der Waals surface area contributed by atoms with E-state index in [0.717, 1.165) is 18.3 Å². The highest BCUT2D eigenvalue weighted by Crippen LogP contribution is 2.29. The Morgan fingerprint density at radius 2 is 2.06 bits per heavy atom. The summed E-state index contributed by atoms with van der Waals surface area (Å²) in [4.78, 5) is 0. The molecular formula is C9H10ClF3N4O. The van der Waals surface area contributed by atoms with Gasteiger partial charge in [-0.1, -0.05) is 12.1 Å². The summed E-state index contributed by atoms with van der Waals surface area (Å²) >= 11 is 0. The molecule has 0 bridgehead atoms. The SMILES string of the molecule is Cl.NC(=NN=Cc1cccc(C(F)(F)F)c1)NO. The van der Waals surface area contributed by atoms with Gasteiger partial charge in [-0.15, -0.1) is 17.5 Å². The number of hydroxylamine groups is 1. The molecule has 0 fully saturated rings. The van der Waals surface area contributed by atoms with E-state index in [-0.39, 0.29) is 23.9 Å². The van der Waals surface area contributed by atoms with Gasteiger partial charge in [0.1, 0.15) is 0 Å². The van der Waals surface area contributed by atoms with Crippen molar-refractivity contribution in [1.82, 2.24) is 5.48 Å². The lowest BCUT2D eigenvalue weighted by molar-refractivity contribution is -0.137. The Kier molecular flexibility index (Phi) is 6.14. The van der Waals surface area contributed by atoms with Gasteiger partial charge in [-0.2, -0.15) is 18.3 Å². The van der Waals surface area contributed by atoms with Crippen LogP contribution in [0.4, 0.5) is 13.2 Å². The van der Waals surface area contributed by atoms with E-state index in [2.05, 4.69) is 10.2 Å². The topological polar surface area (TPSA) is 83.0 Å². The smallest absolute Gasteiger partial charge is 0.367 e. The number of guanidine groups is 1. The highest BCUT2D eigenvalue weighted by atomic mass is 35.5. The first-order valence-corrected chi connectivity index (χ1v) is 4.37. The zero-order chi connectivity index (χ0) is 12.9. The standard InChI is InChI=1S/C9H9F3N4O.ClH/c10-9(11,12)7-3-1-2-6(4-7)5-14-15-8(13)16-17;/h1-5,17H,(H3,13,15,16);1H. The number of nitrogens with zero attached hydrogens (tertiary/aromatic N) is 2. The van der Waals surface area contributed by atoms with Gasteiger partial charge >= 0.3 is 6.18 Å². The lowest BCUT2D eigenvalue weighted by atomic mass is 10.1. The average Bonchev–Trinajstić information content (AvgIpc) is 2.28. The second kappa shape index (κ2) is 6.82. The Hall–Kier alpha value is -1.80. The molecule has 5 nitrogen and oxygen atoms in total. The molecule has 4 N–H and O–H groups in total. The van der Waals surface area contributed by atoms with E-state index in [1.165, 1.54) is 17.6 Å². The fraction of sp³-hybridized carbons (Fsp3) is 0.111. The van der Waals surface area contributed by atoms with Gasteiger partial charge in [0.15, 0.2) is 0 Å². The molecule has 0 aliphatic rings. The second-order valence-corrected chi connectivity index (χ2v) is 2.96. The van der Waals surface area contributed by atoms with Crippen LogP contribution in [0.5, 0.6) is 0 Å². The van der Waals surface area contributed by atoms with Gasteiger partial charge in [0.05, 0.1) is 11.8 Å². The van der Waals surface area contributed by atoms with E-state index >= 15 is 0 Å². The molecule has 100 valence electrons. The van der Waals surface area contributed by atoms with E-state index in [4.69, 9.17) is 10.9 Å². The second-order valence-electron chi connectivity index (χ2n) is 2.96. The van der Waals surface area contributed by atoms with E-state index < -0.39 is 11.7 Å². The van der Waals surface area contributed by atoms with Crippen LogP contribution in [0, 0.1) is 0 Å². The number of hydrogen-bond acceptors (Lipinski definition) is 3. The number of hydrogen-bond donors (Lipinski definition) is 3. The van der Waals surface area contributed by atoms with Crippen LogP contribution in [0.2, 0.25) is 0 Å². The van der Waals surface area contributed by atoms with Crippen LogP contribution in [0.25, 0.3) is 0 Å². The predicted octanol–water partition coefficient (Wildman–Crippen LogP) is 1.75. The Balaban J connectivity index is 0.00000289. The summed E-state index contributed by atoms with van der Waals surface area (Å²) in [5, 5.41) is 14.9. The van der Waals surface area contributed by atoms with Gasteiger partial charge in [-0.05, 0) is 17.7 Å². The molecular weight excluding hydrogens is 273 g/mol. The van der Waals surface area contributed by atoms with Crippen LogP contribution < -0.4 is 11.2 Å². The van der Waals surface area contributed by atoms with Crippen LogP contribution in [0.1, 0.15) is 11.1 Å². The third kappa shape index (κ3) is 5.02. The molecule has 0 aliphatic heterocycles. The van der Waals surface area contributed by atoms with Crippen molar-refractivity contribution in [2.75, 3.05) is 0 Å². The zero-order valence-electron chi connectivity index (χ0n) is 8.85. The van der Waals surface area contributed by atoms with Crippen molar-refractivity contribution in [2.24, 2.45) is 15.9 Å². The Bertz CT molecular complexity index is 448. The van der Waals surface area contributed by atoms with E-state index in [1.54, 1.807) is 0 Å². The highest BCUT2D eigenvalue weighted by Gasteiger charge is 2.30. The lowest BCUT2D eigenvalue weighted by Gasteiger charge is -2.06. The Morgan fingerprint density at radius 1 is 1.39 bits per heavy atom. The minimum absolute atomic E-state index is 0. The monoisotopic (exact) mass is 282 g/mol. The number of benzene rings is 1. The molecule has 0 unspecified atom stereocenters. The molecule has 0 atom stereocenters. The minimum atomic E-state index is -4.40. The first-order valence-electron chi connectivity index (χ1n) is 4.37. The molecule has 0 heterocycles. The lowest BCUT2D eigenvalue weighted by Crippen LogP contribution is -2.27. The van der Waals surface area contributed by atoms with Gasteiger partial charge < -0.3 is 5.73 Å². The highest BCUT2D eigenvalue weighted by molar-refractivity contribution is 5.85. The molecule has 9 heteroatoms. The van der Waals surface area contributed by atoms with Crippen molar-refractivity contribution in [3.63, 3.8) is 0 Å². The summed E-state index contributed by atoms with van der Waals surface area (Å²) in [7, 11) is 0. The number of rotatable bonds is 2. The van der Waals surface area contributed by atoms with Crippen LogP contribution in [0.3, 0.4) is 0 Å². The van der Waals surface area contributed by atoms with Crippen molar-refractivity contribution in [2.45, 2.75) is 6.18 Å². The minimum Gasteiger partial charge on any atom is -0.367 e. The number of nitrogens with two attached hydrogens (primary N) is 1. The molecule has 0 spiro atoms. The Labute approximate surface area is 107 Å². The van der Waals surface area contributed by atoms with Gasteiger partial charge in [0.25, 0.3) is 0 Å². The molecule has 0 saturated carbocycles. The molecule has 1 rings (SSSR count). The van der Waals surface area contributed by atoms with E-state index in [9.17, 15) is 13.2 Å². The fourth-order valence-electron chi connectivity index (χ4n) is 0.975. The van der Waals surface area contributed by atoms with Gasteiger partial charge in [0, 0.05) is 0 Å². The normalized spacial score (nSPS) is 12.3. The van der Waals surface area contributed by atoms with Crippen LogP contribution in [-0.2, 0) is 6.18 Å². The summed E-state index contributed by atoms with van der Waals surface area (Å²) < 4.78 is 37.0. The number of halogens is 4. The quantitative estimate of drug-likeness (QED) is 0.439. The molecule has 0 radical (unpaired) electrons. The molecule has 1 aromatic rings. The largest absolute Gasteiger partial charge is 0.416 e. The van der Waals surface area contributed by atoms with Crippen molar-refractivity contribution in [3.8, 4) is 0 Å². The van der Waals surface area contributed by atoms with Crippen LogP contribution >= 0.6 is 12.4 Å². The first kappa shape index (κ1) is 16.2. The maximum absolute atomic E-state index is 12.3. The fourth-order valence-corrected chi connectivity index (χ4v) is 0.975. The summed E-state index contributed by atoms with van der Waals surface area (Å²) in [6, 6.07) is 4.55. The molecule has 0 saturated heterocycles. The van der Waals surface area contributed by atoms with Gasteiger partial charge in [-0.3, -0.25) is 5.21 Å². The molecule has 0 amide bonds.